The van der Waals surface area contributed by atoms with Gasteiger partial charge in [-0.05, 0) is 70.6 Å². The molecule has 1 heterocycles. The Balaban J connectivity index is 2.07. The van der Waals surface area contributed by atoms with Gasteiger partial charge in [0.25, 0.3) is 0 Å². The molecule has 1 fully saturated rings. The zero-order valence-corrected chi connectivity index (χ0v) is 47.1. The Morgan fingerprint density at radius 3 is 1.36 bits per heavy atom. The van der Waals surface area contributed by atoms with Crippen molar-refractivity contribution >= 4 is 11.9 Å². The van der Waals surface area contributed by atoms with Gasteiger partial charge in [-0.25, -0.2) is 0 Å². The van der Waals surface area contributed by atoms with Gasteiger partial charge in [-0.15, -0.1) is 0 Å². The van der Waals surface area contributed by atoms with E-state index in [2.05, 4.69) is 43.5 Å². The first-order chi connectivity index (χ1) is 35.7. The number of aliphatic hydroxyl groups is 5. The fourth-order valence-electron chi connectivity index (χ4n) is 9.56. The number of nitrogens with one attached hydrogen (secondary N) is 1. The number of esters is 1. The predicted molar refractivity (Wildman–Crippen MR) is 301 cm³/mol. The highest BCUT2D eigenvalue weighted by Crippen LogP contribution is 2.23. The summed E-state index contributed by atoms with van der Waals surface area (Å²) in [6.45, 7) is 4.31. The normalized spacial score (nSPS) is 19.1. The van der Waals surface area contributed by atoms with Crippen molar-refractivity contribution in [2.75, 3.05) is 19.8 Å². The second-order valence-electron chi connectivity index (χ2n) is 21.4. The molecule has 0 spiro atoms. The fraction of sp³-hybridized carbons (Fsp3) is 0.871. The van der Waals surface area contributed by atoms with Crippen molar-refractivity contribution in [3.63, 3.8) is 0 Å². The minimum absolute atomic E-state index is 0.00341. The number of carbonyl (C=O) groups is 2. The Morgan fingerprint density at radius 2 is 0.890 bits per heavy atom. The number of allylic oxidation sites excluding steroid dienone is 5. The maximum absolute atomic E-state index is 13.0. The Hall–Kier alpha value is -2.12. The first kappa shape index (κ1) is 68.9. The Labute approximate surface area is 447 Å². The molecular formula is C62H115NO10. The summed E-state index contributed by atoms with van der Waals surface area (Å²) >= 11 is 0. The van der Waals surface area contributed by atoms with Gasteiger partial charge >= 0.3 is 5.97 Å². The summed E-state index contributed by atoms with van der Waals surface area (Å²) in [5, 5.41) is 54.3. The number of hydrogen-bond acceptors (Lipinski definition) is 10. The SMILES string of the molecule is CCCCCCCC/C=C/CC/C=C/C(O)C(COC1OC(CO)C(O)C(O)C1O)NC(=O)CCCCCCCCC/C=C\CCCCCCCCCCCCCOC(=O)CCCCCCCCCCCCC. The molecule has 0 aromatic heterocycles. The molecular weight excluding hydrogens is 919 g/mol. The number of rotatable bonds is 53. The van der Waals surface area contributed by atoms with E-state index in [0.29, 0.717) is 19.4 Å². The predicted octanol–water partition coefficient (Wildman–Crippen LogP) is 14.3. The highest BCUT2D eigenvalue weighted by atomic mass is 16.7. The van der Waals surface area contributed by atoms with Crippen LogP contribution in [0.25, 0.3) is 0 Å². The van der Waals surface area contributed by atoms with Crippen molar-refractivity contribution in [2.24, 2.45) is 0 Å². The zero-order valence-electron chi connectivity index (χ0n) is 47.1. The van der Waals surface area contributed by atoms with Crippen LogP contribution in [-0.2, 0) is 23.8 Å². The van der Waals surface area contributed by atoms with Crippen LogP contribution in [0.15, 0.2) is 36.5 Å². The van der Waals surface area contributed by atoms with Crippen LogP contribution < -0.4 is 5.32 Å². The lowest BCUT2D eigenvalue weighted by Crippen LogP contribution is -2.60. The van der Waals surface area contributed by atoms with Crippen molar-refractivity contribution in [1.82, 2.24) is 5.32 Å². The molecule has 73 heavy (non-hydrogen) atoms. The van der Waals surface area contributed by atoms with Gasteiger partial charge in [-0.3, -0.25) is 9.59 Å². The fourth-order valence-corrected chi connectivity index (χ4v) is 9.56. The van der Waals surface area contributed by atoms with Gasteiger partial charge in [-0.1, -0.05) is 237 Å². The number of aliphatic hydroxyl groups excluding tert-OH is 5. The molecule has 0 saturated carbocycles. The summed E-state index contributed by atoms with van der Waals surface area (Å²) in [5.74, 6) is -0.203. The van der Waals surface area contributed by atoms with Gasteiger partial charge in [-0.2, -0.15) is 0 Å². The van der Waals surface area contributed by atoms with E-state index in [1.807, 2.05) is 6.08 Å². The van der Waals surface area contributed by atoms with Gasteiger partial charge in [0.2, 0.25) is 5.91 Å². The minimum Gasteiger partial charge on any atom is -0.466 e. The van der Waals surface area contributed by atoms with E-state index < -0.39 is 49.5 Å². The van der Waals surface area contributed by atoms with Crippen LogP contribution >= 0.6 is 0 Å². The second kappa shape index (κ2) is 52.0. The number of amides is 1. The average Bonchev–Trinajstić information content (AvgIpc) is 3.39. The lowest BCUT2D eigenvalue weighted by atomic mass is 9.99. The third kappa shape index (κ3) is 41.7. The van der Waals surface area contributed by atoms with Crippen molar-refractivity contribution in [3.05, 3.63) is 36.5 Å². The lowest BCUT2D eigenvalue weighted by Gasteiger charge is -2.40. The highest BCUT2D eigenvalue weighted by molar-refractivity contribution is 5.76. The van der Waals surface area contributed by atoms with E-state index in [1.54, 1.807) is 6.08 Å². The molecule has 0 bridgehead atoms. The van der Waals surface area contributed by atoms with Crippen LogP contribution in [0.1, 0.15) is 284 Å². The van der Waals surface area contributed by atoms with E-state index in [-0.39, 0.29) is 18.5 Å². The van der Waals surface area contributed by atoms with E-state index in [1.165, 1.54) is 186 Å². The Bertz CT molecular complexity index is 1310. The third-order valence-corrected chi connectivity index (χ3v) is 14.5. The number of unbranched alkanes of at least 4 members (excludes halogenated alkanes) is 35. The molecule has 0 aromatic rings. The van der Waals surface area contributed by atoms with E-state index in [4.69, 9.17) is 14.2 Å². The van der Waals surface area contributed by atoms with Crippen LogP contribution in [0.5, 0.6) is 0 Å². The maximum Gasteiger partial charge on any atom is 0.305 e. The Morgan fingerprint density at radius 1 is 0.493 bits per heavy atom. The van der Waals surface area contributed by atoms with Crippen molar-refractivity contribution in [2.45, 2.75) is 326 Å². The summed E-state index contributed by atoms with van der Waals surface area (Å²) in [7, 11) is 0. The van der Waals surface area contributed by atoms with Crippen molar-refractivity contribution < 1.29 is 49.3 Å². The van der Waals surface area contributed by atoms with Crippen LogP contribution in [0.2, 0.25) is 0 Å². The number of ether oxygens (including phenoxy) is 3. The molecule has 7 atom stereocenters. The quantitative estimate of drug-likeness (QED) is 0.0195. The van der Waals surface area contributed by atoms with Crippen LogP contribution in [0.4, 0.5) is 0 Å². The average molecular weight is 1030 g/mol. The van der Waals surface area contributed by atoms with Crippen LogP contribution in [-0.4, -0.2) is 100 Å². The molecule has 11 heteroatoms. The van der Waals surface area contributed by atoms with E-state index in [0.717, 1.165) is 70.6 Å². The molecule has 0 aromatic carbocycles. The number of hydrogen-bond donors (Lipinski definition) is 6. The third-order valence-electron chi connectivity index (χ3n) is 14.5. The van der Waals surface area contributed by atoms with E-state index in [9.17, 15) is 35.1 Å². The van der Waals surface area contributed by atoms with Crippen molar-refractivity contribution in [1.29, 1.82) is 0 Å². The summed E-state index contributed by atoms with van der Waals surface area (Å²) in [6.07, 6.45) is 53.9. The first-order valence-corrected chi connectivity index (χ1v) is 30.8. The highest BCUT2D eigenvalue weighted by Gasteiger charge is 2.44. The molecule has 6 N–H and O–H groups in total. The standard InChI is InChI=1S/C62H115NO10/c1-3-5-7-9-11-13-15-29-32-36-40-44-48-55(65)54(53-72-62-61(70)60(69)59(68)56(52-64)73-62)63-57(66)49-45-41-37-33-30-26-24-22-20-18-16-17-19-21-23-25-27-31-35-39-43-47-51-71-58(67)50-46-42-38-34-28-14-12-10-8-6-4-2/h18,20,29,32,44,48,54-56,59-62,64-65,68-70H,3-17,19,21-28,30-31,33-43,45-47,49-53H2,1-2H3,(H,63,66)/b20-18-,32-29+,48-44+. The minimum atomic E-state index is -1.58. The second-order valence-corrected chi connectivity index (χ2v) is 21.4. The largest absolute Gasteiger partial charge is 0.466 e. The van der Waals surface area contributed by atoms with Gasteiger partial charge in [0.15, 0.2) is 6.29 Å². The molecule has 7 unspecified atom stereocenters. The topological polar surface area (TPSA) is 175 Å². The zero-order chi connectivity index (χ0) is 53.1. The smallest absolute Gasteiger partial charge is 0.305 e. The van der Waals surface area contributed by atoms with Gasteiger partial charge < -0.3 is 45.1 Å². The summed E-state index contributed by atoms with van der Waals surface area (Å²) in [4.78, 5) is 25.0. The molecule has 428 valence electrons. The Kier molecular flexibility index (Phi) is 49.0. The summed E-state index contributed by atoms with van der Waals surface area (Å²) in [5.41, 5.74) is 0. The summed E-state index contributed by atoms with van der Waals surface area (Å²) < 4.78 is 16.7. The molecule has 11 nitrogen and oxygen atoms in total. The number of carbonyl (C=O) groups excluding carboxylic acids is 2. The maximum atomic E-state index is 13.0. The molecule has 0 radical (unpaired) electrons. The van der Waals surface area contributed by atoms with Crippen molar-refractivity contribution in [3.8, 4) is 0 Å². The molecule has 1 aliphatic heterocycles. The van der Waals surface area contributed by atoms with E-state index >= 15 is 0 Å². The van der Waals surface area contributed by atoms with Crippen LogP contribution in [0, 0.1) is 0 Å². The molecule has 1 amide bonds. The lowest BCUT2D eigenvalue weighted by molar-refractivity contribution is -0.302. The molecule has 0 aliphatic carbocycles. The summed E-state index contributed by atoms with van der Waals surface area (Å²) in [6, 6.07) is -0.832. The molecule has 1 aliphatic rings. The monoisotopic (exact) mass is 1030 g/mol. The van der Waals surface area contributed by atoms with Gasteiger partial charge in [0.05, 0.1) is 32.0 Å². The molecule has 1 saturated heterocycles. The van der Waals surface area contributed by atoms with Crippen LogP contribution in [0.3, 0.4) is 0 Å². The van der Waals surface area contributed by atoms with Gasteiger partial charge in [0, 0.05) is 12.8 Å². The van der Waals surface area contributed by atoms with Gasteiger partial charge in [0.1, 0.15) is 24.4 Å². The first-order valence-electron chi connectivity index (χ1n) is 30.8. The molecule has 1 rings (SSSR count).